The summed E-state index contributed by atoms with van der Waals surface area (Å²) in [5, 5.41) is 9.23. The highest BCUT2D eigenvalue weighted by Gasteiger charge is 2.04. The predicted octanol–water partition coefficient (Wildman–Crippen LogP) is 2.16. The van der Waals surface area contributed by atoms with E-state index in [1.807, 2.05) is 0 Å². The summed E-state index contributed by atoms with van der Waals surface area (Å²) in [4.78, 5) is 0. The summed E-state index contributed by atoms with van der Waals surface area (Å²) in [6.07, 6.45) is 3.23. The largest absolute Gasteiger partial charge is 0.507 e. The van der Waals surface area contributed by atoms with Gasteiger partial charge in [-0.3, -0.25) is 0 Å². The molecule has 3 N–H and O–H groups in total. The molecule has 0 aliphatic carbocycles. The molecule has 2 nitrogen and oxygen atoms in total. The maximum Gasteiger partial charge on any atom is 0.145 e. The van der Waals surface area contributed by atoms with Gasteiger partial charge in [0, 0.05) is 18.2 Å². The summed E-state index contributed by atoms with van der Waals surface area (Å²) in [5.74, 6) is -0.782. The minimum Gasteiger partial charge on any atom is -0.507 e. The molecule has 0 heterocycles. The highest BCUT2D eigenvalue weighted by Crippen LogP contribution is 2.25. The molecule has 0 saturated heterocycles. The fourth-order valence-electron chi connectivity index (χ4n) is 0.880. The molecule has 0 saturated carbocycles. The fraction of sp³-hybridized carbons (Fsp3) is 0.111. The third-order valence-electron chi connectivity index (χ3n) is 1.50. The Bertz CT molecular complexity index is 339. The van der Waals surface area contributed by atoms with Gasteiger partial charge in [-0.1, -0.05) is 23.8 Å². The van der Waals surface area contributed by atoms with Crippen molar-refractivity contribution in [2.75, 3.05) is 6.54 Å². The van der Waals surface area contributed by atoms with Crippen LogP contribution in [0, 0.1) is 5.82 Å². The molecule has 1 aromatic rings. The van der Waals surface area contributed by atoms with Gasteiger partial charge < -0.3 is 10.8 Å². The number of phenols is 1. The molecular weight excluding hydrogens is 193 g/mol. The van der Waals surface area contributed by atoms with Crippen LogP contribution in [0.2, 0.25) is 5.02 Å². The van der Waals surface area contributed by atoms with Crippen LogP contribution in [0.1, 0.15) is 5.56 Å². The molecule has 0 spiro atoms. The Kier molecular flexibility index (Phi) is 3.28. The normalized spacial score (nSPS) is 11.0. The summed E-state index contributed by atoms with van der Waals surface area (Å²) < 4.78 is 12.7. The van der Waals surface area contributed by atoms with Gasteiger partial charge in [0.1, 0.15) is 11.6 Å². The average Bonchev–Trinajstić information content (AvgIpc) is 2.09. The first-order valence-electron chi connectivity index (χ1n) is 3.69. The highest BCUT2D eigenvalue weighted by molar-refractivity contribution is 6.30. The van der Waals surface area contributed by atoms with Crippen LogP contribution in [0.25, 0.3) is 6.08 Å². The van der Waals surface area contributed by atoms with Gasteiger partial charge in [0.25, 0.3) is 0 Å². The molecule has 0 aromatic heterocycles. The van der Waals surface area contributed by atoms with Crippen LogP contribution in [0.4, 0.5) is 4.39 Å². The zero-order chi connectivity index (χ0) is 9.84. The molecule has 4 heteroatoms. The van der Waals surface area contributed by atoms with Gasteiger partial charge in [-0.25, -0.2) is 4.39 Å². The number of nitrogens with two attached hydrogens (primary N) is 1. The lowest BCUT2D eigenvalue weighted by Crippen LogP contribution is -1.92. The standard InChI is InChI=1S/C9H9ClFNO/c10-7-4-6(2-1-3-12)9(13)5-8(7)11/h1-2,4-5,13H,3,12H2/b2-1+. The van der Waals surface area contributed by atoms with E-state index in [9.17, 15) is 9.50 Å². The van der Waals surface area contributed by atoms with Gasteiger partial charge in [0.15, 0.2) is 0 Å². The number of hydrogen-bond donors (Lipinski definition) is 2. The van der Waals surface area contributed by atoms with Crippen molar-refractivity contribution in [2.24, 2.45) is 5.73 Å². The van der Waals surface area contributed by atoms with E-state index in [0.29, 0.717) is 12.1 Å². The van der Waals surface area contributed by atoms with Crippen LogP contribution >= 0.6 is 11.6 Å². The van der Waals surface area contributed by atoms with E-state index in [2.05, 4.69) is 0 Å². The first kappa shape index (κ1) is 10.0. The quantitative estimate of drug-likeness (QED) is 0.770. The summed E-state index contributed by atoms with van der Waals surface area (Å²) in [7, 11) is 0. The molecule has 0 aliphatic heterocycles. The van der Waals surface area contributed by atoms with Gasteiger partial charge >= 0.3 is 0 Å². The minimum atomic E-state index is -0.635. The average molecular weight is 202 g/mol. The molecule has 70 valence electrons. The van der Waals surface area contributed by atoms with E-state index >= 15 is 0 Å². The molecule has 1 rings (SSSR count). The third kappa shape index (κ3) is 2.44. The van der Waals surface area contributed by atoms with Gasteiger partial charge in [0.05, 0.1) is 5.02 Å². The van der Waals surface area contributed by atoms with Gasteiger partial charge in [-0.05, 0) is 6.07 Å². The maximum absolute atomic E-state index is 12.7. The van der Waals surface area contributed by atoms with Crippen LogP contribution in [-0.4, -0.2) is 11.7 Å². The predicted molar refractivity (Wildman–Crippen MR) is 51.2 cm³/mol. The zero-order valence-corrected chi connectivity index (χ0v) is 7.55. The van der Waals surface area contributed by atoms with Crippen molar-refractivity contribution in [3.8, 4) is 5.75 Å². The molecule has 0 fully saturated rings. The number of rotatable bonds is 2. The lowest BCUT2D eigenvalue weighted by molar-refractivity contribution is 0.468. The second kappa shape index (κ2) is 4.25. The van der Waals surface area contributed by atoms with Gasteiger partial charge in [0.2, 0.25) is 0 Å². The smallest absolute Gasteiger partial charge is 0.145 e. The van der Waals surface area contributed by atoms with E-state index in [1.165, 1.54) is 6.07 Å². The zero-order valence-electron chi connectivity index (χ0n) is 6.80. The van der Waals surface area contributed by atoms with Crippen molar-refractivity contribution in [1.82, 2.24) is 0 Å². The Morgan fingerprint density at radius 3 is 2.85 bits per heavy atom. The van der Waals surface area contributed by atoms with E-state index < -0.39 is 5.82 Å². The van der Waals surface area contributed by atoms with E-state index in [1.54, 1.807) is 12.2 Å². The lowest BCUT2D eigenvalue weighted by atomic mass is 10.2. The Morgan fingerprint density at radius 1 is 1.54 bits per heavy atom. The third-order valence-corrected chi connectivity index (χ3v) is 1.79. The monoisotopic (exact) mass is 201 g/mol. The SMILES string of the molecule is NC/C=C/c1cc(Cl)c(F)cc1O. The van der Waals surface area contributed by atoms with E-state index in [4.69, 9.17) is 17.3 Å². The molecule has 13 heavy (non-hydrogen) atoms. The van der Waals surface area contributed by atoms with Crippen molar-refractivity contribution >= 4 is 17.7 Å². The molecule has 0 unspecified atom stereocenters. The number of aromatic hydroxyl groups is 1. The molecule has 1 aromatic carbocycles. The van der Waals surface area contributed by atoms with Crippen LogP contribution in [0.15, 0.2) is 18.2 Å². The summed E-state index contributed by atoms with van der Waals surface area (Å²) in [6.45, 7) is 0.356. The van der Waals surface area contributed by atoms with Crippen LogP contribution < -0.4 is 5.73 Å². The molecule has 0 bridgehead atoms. The topological polar surface area (TPSA) is 46.2 Å². The van der Waals surface area contributed by atoms with Gasteiger partial charge in [-0.2, -0.15) is 0 Å². The molecule has 0 aliphatic rings. The van der Waals surface area contributed by atoms with E-state index in [-0.39, 0.29) is 10.8 Å². The Balaban J connectivity index is 3.08. The van der Waals surface area contributed by atoms with Crippen molar-refractivity contribution in [3.63, 3.8) is 0 Å². The summed E-state index contributed by atoms with van der Waals surface area (Å²) >= 11 is 5.51. The molecule has 0 radical (unpaired) electrons. The second-order valence-corrected chi connectivity index (χ2v) is 2.87. The lowest BCUT2D eigenvalue weighted by Gasteiger charge is -2.00. The van der Waals surface area contributed by atoms with Crippen molar-refractivity contribution < 1.29 is 9.50 Å². The fourth-order valence-corrected chi connectivity index (χ4v) is 1.05. The van der Waals surface area contributed by atoms with Crippen molar-refractivity contribution in [1.29, 1.82) is 0 Å². The summed E-state index contributed by atoms with van der Waals surface area (Å²) in [6, 6.07) is 2.32. The Morgan fingerprint density at radius 2 is 2.23 bits per heavy atom. The number of benzene rings is 1. The summed E-state index contributed by atoms with van der Waals surface area (Å²) in [5.41, 5.74) is 5.67. The number of phenolic OH excluding ortho intramolecular Hbond substituents is 1. The second-order valence-electron chi connectivity index (χ2n) is 2.46. The van der Waals surface area contributed by atoms with Crippen LogP contribution in [-0.2, 0) is 0 Å². The first-order valence-corrected chi connectivity index (χ1v) is 4.07. The van der Waals surface area contributed by atoms with Crippen molar-refractivity contribution in [3.05, 3.63) is 34.6 Å². The van der Waals surface area contributed by atoms with Crippen LogP contribution in [0.5, 0.6) is 5.75 Å². The number of halogens is 2. The Hall–Kier alpha value is -1.06. The highest BCUT2D eigenvalue weighted by atomic mass is 35.5. The van der Waals surface area contributed by atoms with Crippen LogP contribution in [0.3, 0.4) is 0 Å². The van der Waals surface area contributed by atoms with Gasteiger partial charge in [-0.15, -0.1) is 0 Å². The minimum absolute atomic E-state index is 0.0190. The van der Waals surface area contributed by atoms with E-state index in [0.717, 1.165) is 6.07 Å². The molecule has 0 atom stereocenters. The Labute approximate surface area is 80.4 Å². The molecule has 0 amide bonds. The maximum atomic E-state index is 12.7. The number of hydrogen-bond acceptors (Lipinski definition) is 2. The molecular formula is C9H9ClFNO. The van der Waals surface area contributed by atoms with Crippen molar-refractivity contribution in [2.45, 2.75) is 0 Å². The first-order chi connectivity index (χ1) is 6.15.